The predicted octanol–water partition coefficient (Wildman–Crippen LogP) is 2.01. The Kier molecular flexibility index (Phi) is 7.21. The van der Waals surface area contributed by atoms with Gasteiger partial charge in [0.05, 0.1) is 5.54 Å². The average molecular weight is 156 g/mol. The van der Waals surface area contributed by atoms with E-state index >= 15 is 0 Å². The molecular weight excluding hydrogens is 136 g/mol. The van der Waals surface area contributed by atoms with E-state index in [4.69, 9.17) is 0 Å². The Morgan fingerprint density at radius 1 is 1.36 bits per heavy atom. The standard InChI is InChI=1S/C8H15N.CH5N/c1-7(2)6-9-8(3,4)5;1-2/h6H,1H2,2-5H3;2H2,1H3. The third-order valence-corrected chi connectivity index (χ3v) is 0.672. The van der Waals surface area contributed by atoms with Crippen molar-refractivity contribution in [1.82, 2.24) is 0 Å². The summed E-state index contributed by atoms with van der Waals surface area (Å²) in [5, 5.41) is 0. The van der Waals surface area contributed by atoms with E-state index < -0.39 is 0 Å². The quantitative estimate of drug-likeness (QED) is 0.579. The van der Waals surface area contributed by atoms with Crippen LogP contribution in [0.25, 0.3) is 0 Å². The van der Waals surface area contributed by atoms with Crippen molar-refractivity contribution in [3.63, 3.8) is 0 Å². The first-order valence-electron chi connectivity index (χ1n) is 3.70. The van der Waals surface area contributed by atoms with E-state index in [1.54, 1.807) is 6.21 Å². The minimum atomic E-state index is 0.0406. The molecule has 0 amide bonds. The van der Waals surface area contributed by atoms with E-state index in [9.17, 15) is 0 Å². The Bertz CT molecular complexity index is 129. The van der Waals surface area contributed by atoms with Gasteiger partial charge >= 0.3 is 0 Å². The molecule has 66 valence electrons. The maximum absolute atomic E-state index is 4.50. The molecule has 0 bridgehead atoms. The molecule has 0 spiro atoms. The monoisotopic (exact) mass is 156 g/mol. The van der Waals surface area contributed by atoms with E-state index in [-0.39, 0.29) is 5.54 Å². The smallest absolute Gasteiger partial charge is 0.0524 e. The number of nitrogens with two attached hydrogens (primary N) is 1. The van der Waals surface area contributed by atoms with E-state index in [2.05, 4.69) is 38.1 Å². The maximum atomic E-state index is 4.50. The molecule has 11 heavy (non-hydrogen) atoms. The molecule has 2 heteroatoms. The van der Waals surface area contributed by atoms with Gasteiger partial charge in [-0.1, -0.05) is 6.58 Å². The third-order valence-electron chi connectivity index (χ3n) is 0.672. The molecule has 0 unspecified atom stereocenters. The van der Waals surface area contributed by atoms with Gasteiger partial charge in [-0.15, -0.1) is 0 Å². The van der Waals surface area contributed by atoms with Gasteiger partial charge in [-0.25, -0.2) is 0 Å². The van der Waals surface area contributed by atoms with Crippen molar-refractivity contribution in [2.24, 2.45) is 10.7 Å². The summed E-state index contributed by atoms with van der Waals surface area (Å²) in [5.74, 6) is 0. The first-order chi connectivity index (χ1) is 4.92. The summed E-state index contributed by atoms with van der Waals surface area (Å²) < 4.78 is 0. The van der Waals surface area contributed by atoms with Gasteiger partial charge in [-0.05, 0) is 40.3 Å². The largest absolute Gasteiger partial charge is 0.333 e. The molecule has 0 aromatic heterocycles. The van der Waals surface area contributed by atoms with Crippen molar-refractivity contribution in [2.75, 3.05) is 7.05 Å². The molecule has 0 fully saturated rings. The Morgan fingerprint density at radius 2 is 1.73 bits per heavy atom. The Balaban J connectivity index is 0. The second kappa shape index (κ2) is 6.10. The molecule has 0 heterocycles. The van der Waals surface area contributed by atoms with Crippen LogP contribution in [0.2, 0.25) is 0 Å². The minimum absolute atomic E-state index is 0.0406. The molecule has 0 rings (SSSR count). The van der Waals surface area contributed by atoms with Crippen LogP contribution in [0.4, 0.5) is 0 Å². The fourth-order valence-corrected chi connectivity index (χ4v) is 0.304. The van der Waals surface area contributed by atoms with Gasteiger partial charge in [0.15, 0.2) is 0 Å². The lowest BCUT2D eigenvalue weighted by Gasteiger charge is -2.10. The van der Waals surface area contributed by atoms with Gasteiger partial charge < -0.3 is 5.73 Å². The summed E-state index contributed by atoms with van der Waals surface area (Å²) in [4.78, 5) is 4.23. The highest BCUT2D eigenvalue weighted by molar-refractivity contribution is 5.76. The predicted molar refractivity (Wildman–Crippen MR) is 53.2 cm³/mol. The zero-order valence-corrected chi connectivity index (χ0v) is 8.31. The van der Waals surface area contributed by atoms with Crippen molar-refractivity contribution >= 4 is 6.21 Å². The molecule has 0 aliphatic heterocycles. The molecular formula is C9H20N2. The van der Waals surface area contributed by atoms with Crippen LogP contribution in [-0.2, 0) is 0 Å². The highest BCUT2D eigenvalue weighted by Gasteiger charge is 2.03. The van der Waals surface area contributed by atoms with Gasteiger partial charge in [0.1, 0.15) is 0 Å². The van der Waals surface area contributed by atoms with E-state index in [1.807, 2.05) is 6.92 Å². The number of hydrogen-bond acceptors (Lipinski definition) is 2. The van der Waals surface area contributed by atoms with Crippen LogP contribution in [0, 0.1) is 0 Å². The average Bonchev–Trinajstić information content (AvgIpc) is 1.87. The highest BCUT2D eigenvalue weighted by Crippen LogP contribution is 2.05. The number of nitrogens with zero attached hydrogens (tertiary/aromatic N) is 1. The van der Waals surface area contributed by atoms with Crippen molar-refractivity contribution in [3.8, 4) is 0 Å². The summed E-state index contributed by atoms with van der Waals surface area (Å²) in [6.45, 7) is 11.8. The van der Waals surface area contributed by atoms with Crippen molar-refractivity contribution < 1.29 is 0 Å². The van der Waals surface area contributed by atoms with Crippen LogP contribution >= 0.6 is 0 Å². The molecule has 2 N–H and O–H groups in total. The molecule has 0 aromatic rings. The molecule has 0 atom stereocenters. The first kappa shape index (κ1) is 13.0. The summed E-state index contributed by atoms with van der Waals surface area (Å²) in [6, 6.07) is 0. The zero-order valence-electron chi connectivity index (χ0n) is 8.31. The lowest BCUT2D eigenvalue weighted by atomic mass is 10.1. The van der Waals surface area contributed by atoms with Gasteiger partial charge in [-0.2, -0.15) is 0 Å². The van der Waals surface area contributed by atoms with Crippen LogP contribution in [0.15, 0.2) is 17.1 Å². The van der Waals surface area contributed by atoms with Gasteiger partial charge in [-0.3, -0.25) is 4.99 Å². The number of rotatable bonds is 1. The molecule has 0 aromatic carbocycles. The van der Waals surface area contributed by atoms with Crippen LogP contribution in [0.1, 0.15) is 27.7 Å². The molecule has 2 nitrogen and oxygen atoms in total. The lowest BCUT2D eigenvalue weighted by Crippen LogP contribution is -2.09. The van der Waals surface area contributed by atoms with Crippen molar-refractivity contribution in [1.29, 1.82) is 0 Å². The third kappa shape index (κ3) is 17.6. The van der Waals surface area contributed by atoms with Gasteiger partial charge in [0.2, 0.25) is 0 Å². The number of hydrogen-bond donors (Lipinski definition) is 1. The lowest BCUT2D eigenvalue weighted by molar-refractivity contribution is 0.586. The maximum Gasteiger partial charge on any atom is 0.0524 e. The van der Waals surface area contributed by atoms with Gasteiger partial charge in [0, 0.05) is 6.21 Å². The zero-order chi connectivity index (χ0) is 9.49. The number of allylic oxidation sites excluding steroid dienone is 1. The molecule has 0 aliphatic carbocycles. The Morgan fingerprint density at radius 3 is 1.82 bits per heavy atom. The Labute approximate surface area is 70.2 Å². The summed E-state index contributed by atoms with van der Waals surface area (Å²) in [5.41, 5.74) is 5.55. The van der Waals surface area contributed by atoms with Crippen LogP contribution in [-0.4, -0.2) is 18.8 Å². The first-order valence-corrected chi connectivity index (χ1v) is 3.70. The second-order valence-corrected chi connectivity index (χ2v) is 3.28. The van der Waals surface area contributed by atoms with Gasteiger partial charge in [0.25, 0.3) is 0 Å². The van der Waals surface area contributed by atoms with Crippen molar-refractivity contribution in [3.05, 3.63) is 12.2 Å². The fourth-order valence-electron chi connectivity index (χ4n) is 0.304. The molecule has 0 radical (unpaired) electrons. The molecule has 0 saturated carbocycles. The van der Waals surface area contributed by atoms with Crippen LogP contribution in [0.3, 0.4) is 0 Å². The summed E-state index contributed by atoms with van der Waals surface area (Å²) in [6.07, 6.45) is 1.81. The van der Waals surface area contributed by atoms with Crippen LogP contribution in [0.5, 0.6) is 0 Å². The van der Waals surface area contributed by atoms with E-state index in [1.165, 1.54) is 7.05 Å². The van der Waals surface area contributed by atoms with E-state index in [0.29, 0.717) is 0 Å². The Hall–Kier alpha value is -0.630. The van der Waals surface area contributed by atoms with E-state index in [0.717, 1.165) is 5.57 Å². The van der Waals surface area contributed by atoms with Crippen molar-refractivity contribution in [2.45, 2.75) is 33.2 Å². The fraction of sp³-hybridized carbons (Fsp3) is 0.667. The summed E-state index contributed by atoms with van der Waals surface area (Å²) >= 11 is 0. The summed E-state index contributed by atoms with van der Waals surface area (Å²) in [7, 11) is 1.50. The minimum Gasteiger partial charge on any atom is -0.333 e. The van der Waals surface area contributed by atoms with Crippen LogP contribution < -0.4 is 5.73 Å². The SMILES string of the molecule is C=C(C)C=NC(C)(C)C.CN. The molecule has 0 saturated heterocycles. The normalized spacial score (nSPS) is 10.7. The molecule has 0 aliphatic rings. The highest BCUT2D eigenvalue weighted by atomic mass is 14.8. The second-order valence-electron chi connectivity index (χ2n) is 3.28. The number of aliphatic imine (C=N–C) groups is 1. The topological polar surface area (TPSA) is 38.4 Å².